The van der Waals surface area contributed by atoms with Gasteiger partial charge in [0.15, 0.2) is 11.5 Å². The van der Waals surface area contributed by atoms with Crippen molar-refractivity contribution >= 4 is 11.9 Å². The second-order valence-electron chi connectivity index (χ2n) is 6.16. The number of carbonyl (C=O) groups is 1. The number of amides is 1. The van der Waals surface area contributed by atoms with Gasteiger partial charge in [-0.25, -0.2) is 4.99 Å². The highest BCUT2D eigenvalue weighted by molar-refractivity contribution is 6.07. The first-order valence-corrected chi connectivity index (χ1v) is 7.87. The Morgan fingerprint density at radius 2 is 1.86 bits per heavy atom. The molecule has 1 aromatic carbocycles. The minimum Gasteiger partial charge on any atom is -0.497 e. The second kappa shape index (κ2) is 5.63. The number of rotatable bonds is 3. The van der Waals surface area contributed by atoms with Gasteiger partial charge in [0, 0.05) is 7.05 Å². The second-order valence-corrected chi connectivity index (χ2v) is 6.16. The quantitative estimate of drug-likeness (QED) is 0.931. The van der Waals surface area contributed by atoms with E-state index in [1.54, 1.807) is 14.2 Å². The number of hydrogen-bond donors (Lipinski definition) is 1. The number of ether oxygens (including phenoxy) is 1. The Bertz CT molecular complexity index is 590. The number of hydrogen-bond acceptors (Lipinski definition) is 4. The maximum absolute atomic E-state index is 13.0. The number of methoxy groups -OCH3 is 1. The summed E-state index contributed by atoms with van der Waals surface area (Å²) in [6, 6.07) is 7.66. The number of guanidine groups is 1. The van der Waals surface area contributed by atoms with Crippen LogP contribution in [0.2, 0.25) is 0 Å². The number of benzene rings is 1. The molecule has 1 aliphatic heterocycles. The molecule has 1 fully saturated rings. The fourth-order valence-corrected chi connectivity index (χ4v) is 3.72. The summed E-state index contributed by atoms with van der Waals surface area (Å²) in [5.74, 6) is 1.29. The molecule has 0 bridgehead atoms. The molecule has 1 heterocycles. The predicted octanol–water partition coefficient (Wildman–Crippen LogP) is 2.26. The normalized spacial score (nSPS) is 26.2. The zero-order valence-electron chi connectivity index (χ0n) is 13.2. The first-order valence-electron chi connectivity index (χ1n) is 7.87. The van der Waals surface area contributed by atoms with Crippen LogP contribution in [-0.2, 0) is 10.3 Å². The van der Waals surface area contributed by atoms with E-state index < -0.39 is 5.54 Å². The van der Waals surface area contributed by atoms with Crippen molar-refractivity contribution in [2.75, 3.05) is 14.2 Å². The van der Waals surface area contributed by atoms with Gasteiger partial charge < -0.3 is 10.5 Å². The molecule has 3 rings (SSSR count). The Morgan fingerprint density at radius 1 is 1.23 bits per heavy atom. The molecule has 118 valence electrons. The van der Waals surface area contributed by atoms with E-state index in [-0.39, 0.29) is 11.8 Å². The number of nitrogens with two attached hydrogens (primary N) is 1. The van der Waals surface area contributed by atoms with Gasteiger partial charge in [-0.2, -0.15) is 0 Å². The first-order chi connectivity index (χ1) is 10.6. The molecular formula is C17H23N3O2. The monoisotopic (exact) mass is 301 g/mol. The number of aliphatic imine (C=N–C) groups is 1. The van der Waals surface area contributed by atoms with Crippen LogP contribution < -0.4 is 10.5 Å². The molecule has 22 heavy (non-hydrogen) atoms. The number of carbonyl (C=O) groups excluding carboxylic acids is 1. The van der Waals surface area contributed by atoms with E-state index in [0.29, 0.717) is 5.96 Å². The fraction of sp³-hybridized carbons (Fsp3) is 0.529. The molecule has 1 unspecified atom stereocenters. The van der Waals surface area contributed by atoms with E-state index >= 15 is 0 Å². The van der Waals surface area contributed by atoms with Crippen LogP contribution in [0.3, 0.4) is 0 Å². The van der Waals surface area contributed by atoms with Gasteiger partial charge in [-0.1, -0.05) is 31.4 Å². The summed E-state index contributed by atoms with van der Waals surface area (Å²) in [7, 11) is 3.34. The largest absolute Gasteiger partial charge is 0.497 e. The molecule has 5 heteroatoms. The van der Waals surface area contributed by atoms with Gasteiger partial charge in [-0.05, 0) is 36.5 Å². The van der Waals surface area contributed by atoms with E-state index in [1.807, 2.05) is 24.3 Å². The zero-order valence-corrected chi connectivity index (χ0v) is 13.2. The van der Waals surface area contributed by atoms with Crippen molar-refractivity contribution in [3.05, 3.63) is 29.8 Å². The molecule has 1 amide bonds. The predicted molar refractivity (Wildman–Crippen MR) is 85.6 cm³/mol. The Labute approximate surface area is 131 Å². The molecule has 0 saturated heterocycles. The molecular weight excluding hydrogens is 278 g/mol. The summed E-state index contributed by atoms with van der Waals surface area (Å²) in [4.78, 5) is 19.1. The van der Waals surface area contributed by atoms with E-state index in [2.05, 4.69) is 4.99 Å². The third-order valence-corrected chi connectivity index (χ3v) is 4.99. The standard InChI is InChI=1S/C17H23N3O2/c1-20-15(21)17(19-16(20)18,12-6-4-3-5-7-12)13-8-10-14(22-2)11-9-13/h8-12H,3-7H2,1-2H3,(H2,18,19). The van der Waals surface area contributed by atoms with E-state index in [0.717, 1.165) is 37.0 Å². The molecule has 5 nitrogen and oxygen atoms in total. The molecule has 0 spiro atoms. The summed E-state index contributed by atoms with van der Waals surface area (Å²) in [5.41, 5.74) is 6.03. The number of nitrogens with zero attached hydrogens (tertiary/aromatic N) is 2. The molecule has 1 saturated carbocycles. The minimum absolute atomic E-state index is 0.0120. The summed E-state index contributed by atoms with van der Waals surface area (Å²) >= 11 is 0. The highest BCUT2D eigenvalue weighted by Gasteiger charge is 2.53. The van der Waals surface area contributed by atoms with Crippen molar-refractivity contribution in [3.8, 4) is 5.75 Å². The van der Waals surface area contributed by atoms with Crippen molar-refractivity contribution < 1.29 is 9.53 Å². The highest BCUT2D eigenvalue weighted by Crippen LogP contribution is 2.46. The molecule has 1 aliphatic carbocycles. The van der Waals surface area contributed by atoms with Gasteiger partial charge >= 0.3 is 0 Å². The Balaban J connectivity index is 2.08. The maximum atomic E-state index is 13.0. The summed E-state index contributed by atoms with van der Waals surface area (Å²) in [5, 5.41) is 0. The Hall–Kier alpha value is -2.04. The molecule has 1 atom stereocenters. The Morgan fingerprint density at radius 3 is 2.36 bits per heavy atom. The van der Waals surface area contributed by atoms with Crippen molar-refractivity contribution in [1.29, 1.82) is 0 Å². The van der Waals surface area contributed by atoms with Crippen molar-refractivity contribution in [2.45, 2.75) is 37.6 Å². The van der Waals surface area contributed by atoms with Crippen LogP contribution in [0.1, 0.15) is 37.7 Å². The van der Waals surface area contributed by atoms with Crippen LogP contribution in [0, 0.1) is 5.92 Å². The van der Waals surface area contributed by atoms with Gasteiger partial charge in [0.1, 0.15) is 5.75 Å². The van der Waals surface area contributed by atoms with Crippen molar-refractivity contribution in [2.24, 2.45) is 16.6 Å². The van der Waals surface area contributed by atoms with Gasteiger partial charge in [0.05, 0.1) is 7.11 Å². The highest BCUT2D eigenvalue weighted by atomic mass is 16.5. The lowest BCUT2D eigenvalue weighted by Gasteiger charge is -2.36. The molecule has 1 aromatic rings. The minimum atomic E-state index is -0.856. The van der Waals surface area contributed by atoms with Crippen molar-refractivity contribution in [1.82, 2.24) is 4.90 Å². The van der Waals surface area contributed by atoms with E-state index in [4.69, 9.17) is 10.5 Å². The van der Waals surface area contributed by atoms with Crippen LogP contribution in [0.5, 0.6) is 5.75 Å². The van der Waals surface area contributed by atoms with Crippen LogP contribution in [0.15, 0.2) is 29.3 Å². The smallest absolute Gasteiger partial charge is 0.261 e. The molecule has 0 aromatic heterocycles. The van der Waals surface area contributed by atoms with Crippen molar-refractivity contribution in [3.63, 3.8) is 0 Å². The maximum Gasteiger partial charge on any atom is 0.261 e. The molecule has 2 N–H and O–H groups in total. The SMILES string of the molecule is COc1ccc(C2(C3CCCCC3)N=C(N)N(C)C2=O)cc1. The topological polar surface area (TPSA) is 67.9 Å². The first kappa shape index (κ1) is 14.9. The number of likely N-dealkylation sites (N-methyl/N-ethyl adjacent to an activating group) is 1. The van der Waals surface area contributed by atoms with Crippen LogP contribution in [0.25, 0.3) is 0 Å². The Kier molecular flexibility index (Phi) is 3.81. The summed E-state index contributed by atoms with van der Waals surface area (Å²) < 4.78 is 5.22. The van der Waals surface area contributed by atoms with Gasteiger partial charge in [-0.15, -0.1) is 0 Å². The molecule has 0 radical (unpaired) electrons. The molecule has 2 aliphatic rings. The van der Waals surface area contributed by atoms with Crippen LogP contribution in [-0.4, -0.2) is 30.9 Å². The lowest BCUT2D eigenvalue weighted by molar-refractivity contribution is -0.133. The average molecular weight is 301 g/mol. The van der Waals surface area contributed by atoms with Gasteiger partial charge in [0.2, 0.25) is 0 Å². The lowest BCUT2D eigenvalue weighted by atomic mass is 9.71. The third-order valence-electron chi connectivity index (χ3n) is 4.99. The zero-order chi connectivity index (χ0) is 15.7. The van der Waals surface area contributed by atoms with Gasteiger partial charge in [0.25, 0.3) is 5.91 Å². The average Bonchev–Trinajstić information content (AvgIpc) is 2.81. The lowest BCUT2D eigenvalue weighted by Crippen LogP contribution is -2.45. The third kappa shape index (κ3) is 2.16. The van der Waals surface area contributed by atoms with Crippen LogP contribution >= 0.6 is 0 Å². The summed E-state index contributed by atoms with van der Waals surface area (Å²) in [6.07, 6.45) is 5.56. The fourth-order valence-electron chi connectivity index (χ4n) is 3.72. The van der Waals surface area contributed by atoms with Crippen LogP contribution in [0.4, 0.5) is 0 Å². The van der Waals surface area contributed by atoms with E-state index in [1.165, 1.54) is 11.3 Å². The van der Waals surface area contributed by atoms with E-state index in [9.17, 15) is 4.79 Å². The summed E-state index contributed by atoms with van der Waals surface area (Å²) in [6.45, 7) is 0. The van der Waals surface area contributed by atoms with Gasteiger partial charge in [-0.3, -0.25) is 9.69 Å².